The lowest BCUT2D eigenvalue weighted by Crippen LogP contribution is -2.45. The van der Waals surface area contributed by atoms with Crippen LogP contribution in [-0.2, 0) is 38.1 Å². The molecule has 0 atom stereocenters. The summed E-state index contributed by atoms with van der Waals surface area (Å²) in [5.74, 6) is -1.05. The number of ether oxygens (including phenoxy) is 4. The molecule has 2 saturated heterocycles. The third-order valence-electron chi connectivity index (χ3n) is 8.22. The number of carbonyl (C=O) groups is 4. The van der Waals surface area contributed by atoms with Gasteiger partial charge in [0, 0.05) is 91.6 Å². The molecule has 0 amide bonds. The molecule has 2 aliphatic heterocycles. The van der Waals surface area contributed by atoms with Gasteiger partial charge in [0.05, 0.1) is 26.2 Å². The van der Waals surface area contributed by atoms with Gasteiger partial charge in [-0.3, -0.25) is 48.6 Å². The Hall–Kier alpha value is -2.36. The first-order valence-electron chi connectivity index (χ1n) is 19.1. The summed E-state index contributed by atoms with van der Waals surface area (Å²) in [7, 11) is 0. The molecule has 14 heteroatoms. The van der Waals surface area contributed by atoms with E-state index in [0.29, 0.717) is 52.4 Å². The molecular formula is C38H72N6O8. The van der Waals surface area contributed by atoms with Gasteiger partial charge in [-0.05, 0) is 83.1 Å². The molecule has 0 radical (unpaired) electrons. The maximum atomic E-state index is 12.8. The van der Waals surface area contributed by atoms with Crippen LogP contribution in [0.15, 0.2) is 0 Å². The third-order valence-corrected chi connectivity index (χ3v) is 8.22. The van der Waals surface area contributed by atoms with Crippen molar-refractivity contribution in [3.8, 4) is 0 Å². The van der Waals surface area contributed by atoms with Crippen LogP contribution < -0.4 is 0 Å². The van der Waals surface area contributed by atoms with Gasteiger partial charge in [0.1, 0.15) is 22.4 Å². The van der Waals surface area contributed by atoms with Crippen molar-refractivity contribution in [3.63, 3.8) is 0 Å². The third kappa shape index (κ3) is 22.0. The monoisotopic (exact) mass is 741 g/mol. The van der Waals surface area contributed by atoms with Crippen LogP contribution >= 0.6 is 0 Å². The van der Waals surface area contributed by atoms with E-state index in [2.05, 4.69) is 29.4 Å². The lowest BCUT2D eigenvalue weighted by molar-refractivity contribution is -0.158. The first-order chi connectivity index (χ1) is 23.8. The number of carbonyl (C=O) groups excluding carboxylic acids is 4. The van der Waals surface area contributed by atoms with Crippen LogP contribution in [-0.4, -0.2) is 193 Å². The second-order valence-electron chi connectivity index (χ2n) is 18.1. The molecule has 0 aromatic carbocycles. The molecule has 0 saturated carbocycles. The first kappa shape index (κ1) is 45.8. The second kappa shape index (κ2) is 20.4. The van der Waals surface area contributed by atoms with Gasteiger partial charge in [0.15, 0.2) is 0 Å². The zero-order chi connectivity index (χ0) is 39.3. The summed E-state index contributed by atoms with van der Waals surface area (Å²) in [6.45, 7) is 33.0. The number of hydrogen-bond acceptors (Lipinski definition) is 14. The lowest BCUT2D eigenvalue weighted by Gasteiger charge is -2.30. The fourth-order valence-electron chi connectivity index (χ4n) is 5.96. The highest BCUT2D eigenvalue weighted by molar-refractivity contribution is 5.73. The van der Waals surface area contributed by atoms with E-state index in [1.807, 2.05) is 83.1 Å². The summed E-state index contributed by atoms with van der Waals surface area (Å²) in [6.07, 6.45) is 0. The number of hydrogen-bond donors (Lipinski definition) is 0. The Kier molecular flexibility index (Phi) is 17.9. The smallest absolute Gasteiger partial charge is 0.320 e. The minimum atomic E-state index is -0.568. The van der Waals surface area contributed by atoms with Crippen LogP contribution in [0.5, 0.6) is 0 Å². The van der Waals surface area contributed by atoms with E-state index in [9.17, 15) is 19.2 Å². The normalized spacial score (nSPS) is 19.7. The largest absolute Gasteiger partial charge is 0.459 e. The Morgan fingerprint density at radius 2 is 0.481 bits per heavy atom. The first-order valence-corrected chi connectivity index (χ1v) is 19.1. The molecule has 0 unspecified atom stereocenters. The van der Waals surface area contributed by atoms with Gasteiger partial charge in [0.25, 0.3) is 0 Å². The molecule has 0 N–H and O–H groups in total. The number of nitrogens with zero attached hydrogens (tertiary/aromatic N) is 6. The van der Waals surface area contributed by atoms with Crippen molar-refractivity contribution >= 4 is 23.9 Å². The SMILES string of the molecule is CC(C)(C)OC(=O)CN1CCN(CCN2CCN(CC(=O)OC(C)(C)C)CCN(CC(=O)OC(C)(C)C)CC2)CCN(CC(=O)OC(C)(C)C)CC1. The van der Waals surface area contributed by atoms with Crippen molar-refractivity contribution in [2.45, 2.75) is 105 Å². The summed E-state index contributed by atoms with van der Waals surface area (Å²) in [6, 6.07) is 0. The summed E-state index contributed by atoms with van der Waals surface area (Å²) in [4.78, 5) is 64.5. The van der Waals surface area contributed by atoms with E-state index >= 15 is 0 Å². The fraction of sp³-hybridized carbons (Fsp3) is 0.895. The Bertz CT molecular complexity index is 968. The molecular weight excluding hydrogens is 668 g/mol. The van der Waals surface area contributed by atoms with Gasteiger partial charge in [-0.25, -0.2) is 0 Å². The van der Waals surface area contributed by atoms with E-state index < -0.39 is 22.4 Å². The van der Waals surface area contributed by atoms with Gasteiger partial charge in [-0.1, -0.05) is 0 Å². The standard InChI is InChI=1S/C38H72N6O8/c1-35(2,3)49-31(45)27-41-19-15-39(16-20-42(24-23-41)28-32(46)50-36(4,5)6)13-14-40-17-21-43(29-33(47)51-37(7,8)9)25-26-44(22-18-40)30-34(48)52-38(10,11)12/h13-30H2,1-12H3. The second-order valence-corrected chi connectivity index (χ2v) is 18.1. The zero-order valence-electron chi connectivity index (χ0n) is 34.7. The molecule has 0 spiro atoms. The quantitative estimate of drug-likeness (QED) is 0.227. The van der Waals surface area contributed by atoms with Crippen LogP contribution in [0.4, 0.5) is 0 Å². The van der Waals surface area contributed by atoms with Crippen LogP contribution in [0.1, 0.15) is 83.1 Å². The molecule has 2 aliphatic rings. The predicted octanol–water partition coefficient (Wildman–Crippen LogP) is 2.19. The molecule has 0 aromatic rings. The molecule has 0 aliphatic carbocycles. The summed E-state index contributed by atoms with van der Waals surface area (Å²) in [5, 5.41) is 0. The van der Waals surface area contributed by atoms with E-state index in [4.69, 9.17) is 18.9 Å². The van der Waals surface area contributed by atoms with Crippen molar-refractivity contribution in [1.29, 1.82) is 0 Å². The highest BCUT2D eigenvalue weighted by Crippen LogP contribution is 2.13. The summed E-state index contributed by atoms with van der Waals surface area (Å²) < 4.78 is 22.5. The Morgan fingerprint density at radius 3 is 0.635 bits per heavy atom. The number of rotatable bonds is 11. The van der Waals surface area contributed by atoms with E-state index in [1.165, 1.54) is 0 Å². The minimum absolute atomic E-state index is 0.179. The summed E-state index contributed by atoms with van der Waals surface area (Å²) in [5.41, 5.74) is -2.27. The highest BCUT2D eigenvalue weighted by Gasteiger charge is 2.27. The van der Waals surface area contributed by atoms with Gasteiger partial charge >= 0.3 is 23.9 Å². The Labute approximate surface area is 314 Å². The van der Waals surface area contributed by atoms with Gasteiger partial charge in [-0.15, -0.1) is 0 Å². The van der Waals surface area contributed by atoms with Gasteiger partial charge in [0.2, 0.25) is 0 Å². The van der Waals surface area contributed by atoms with E-state index in [0.717, 1.165) is 39.3 Å². The van der Waals surface area contributed by atoms with Crippen LogP contribution in [0, 0.1) is 0 Å². The van der Waals surface area contributed by atoms with Crippen molar-refractivity contribution in [1.82, 2.24) is 29.4 Å². The predicted molar refractivity (Wildman–Crippen MR) is 202 cm³/mol. The molecule has 0 aromatic heterocycles. The minimum Gasteiger partial charge on any atom is -0.459 e. The zero-order valence-corrected chi connectivity index (χ0v) is 34.7. The van der Waals surface area contributed by atoms with E-state index in [-0.39, 0.29) is 50.1 Å². The lowest BCUT2D eigenvalue weighted by atomic mass is 10.2. The topological polar surface area (TPSA) is 125 Å². The van der Waals surface area contributed by atoms with Crippen molar-refractivity contribution in [3.05, 3.63) is 0 Å². The molecule has 14 nitrogen and oxygen atoms in total. The molecule has 0 bridgehead atoms. The Balaban J connectivity index is 2.17. The average molecular weight is 741 g/mol. The molecule has 302 valence electrons. The fourth-order valence-corrected chi connectivity index (χ4v) is 5.96. The van der Waals surface area contributed by atoms with Gasteiger partial charge in [-0.2, -0.15) is 0 Å². The van der Waals surface area contributed by atoms with Crippen molar-refractivity contribution < 1.29 is 38.1 Å². The number of esters is 4. The van der Waals surface area contributed by atoms with Crippen LogP contribution in [0.2, 0.25) is 0 Å². The maximum Gasteiger partial charge on any atom is 0.320 e. The maximum absolute atomic E-state index is 12.8. The average Bonchev–Trinajstić information content (AvgIpc) is 3.07. The highest BCUT2D eigenvalue weighted by atomic mass is 16.6. The molecule has 2 fully saturated rings. The van der Waals surface area contributed by atoms with E-state index in [1.54, 1.807) is 0 Å². The molecule has 2 rings (SSSR count). The summed E-state index contributed by atoms with van der Waals surface area (Å²) >= 11 is 0. The van der Waals surface area contributed by atoms with Gasteiger partial charge < -0.3 is 18.9 Å². The van der Waals surface area contributed by atoms with Crippen LogP contribution in [0.25, 0.3) is 0 Å². The van der Waals surface area contributed by atoms with Crippen molar-refractivity contribution in [2.75, 3.05) is 118 Å². The Morgan fingerprint density at radius 1 is 0.327 bits per heavy atom. The van der Waals surface area contributed by atoms with Crippen LogP contribution in [0.3, 0.4) is 0 Å². The molecule has 52 heavy (non-hydrogen) atoms. The van der Waals surface area contributed by atoms with Crippen molar-refractivity contribution in [2.24, 2.45) is 0 Å². The molecule has 2 heterocycles.